The van der Waals surface area contributed by atoms with Crippen LogP contribution in [0.5, 0.6) is 5.75 Å². The van der Waals surface area contributed by atoms with Crippen molar-refractivity contribution in [1.82, 2.24) is 4.90 Å². The Bertz CT molecular complexity index is 778. The van der Waals surface area contributed by atoms with Crippen molar-refractivity contribution >= 4 is 27.9 Å². The fraction of sp³-hybridized carbons (Fsp3) is 0.167. The molecular formula is C18H16BrF2NO2. The number of halogens is 3. The molecule has 0 unspecified atom stereocenters. The van der Waals surface area contributed by atoms with Crippen molar-refractivity contribution in [2.45, 2.75) is 6.54 Å². The van der Waals surface area contributed by atoms with Crippen LogP contribution in [-0.2, 0) is 11.3 Å². The van der Waals surface area contributed by atoms with E-state index >= 15 is 0 Å². The number of rotatable bonds is 5. The monoisotopic (exact) mass is 395 g/mol. The highest BCUT2D eigenvalue weighted by atomic mass is 79.9. The summed E-state index contributed by atoms with van der Waals surface area (Å²) in [5.41, 5.74) is 0.938. The molecule has 6 heteroatoms. The second kappa shape index (κ2) is 8.06. The van der Waals surface area contributed by atoms with Crippen molar-refractivity contribution in [2.24, 2.45) is 0 Å². The lowest BCUT2D eigenvalue weighted by molar-refractivity contribution is -0.125. The lowest BCUT2D eigenvalue weighted by Crippen LogP contribution is -2.24. The molecule has 126 valence electrons. The van der Waals surface area contributed by atoms with Gasteiger partial charge in [0.05, 0.1) is 7.11 Å². The molecule has 3 nitrogen and oxygen atoms in total. The number of amides is 1. The maximum atomic E-state index is 13.7. The van der Waals surface area contributed by atoms with Gasteiger partial charge in [-0.1, -0.05) is 22.0 Å². The Morgan fingerprint density at radius 2 is 1.96 bits per heavy atom. The van der Waals surface area contributed by atoms with E-state index in [1.54, 1.807) is 25.2 Å². The lowest BCUT2D eigenvalue weighted by atomic mass is 10.2. The molecule has 0 spiro atoms. The van der Waals surface area contributed by atoms with Gasteiger partial charge in [0.2, 0.25) is 5.91 Å². The van der Waals surface area contributed by atoms with Gasteiger partial charge in [0, 0.05) is 29.7 Å². The van der Waals surface area contributed by atoms with Gasteiger partial charge in [-0.05, 0) is 42.0 Å². The fourth-order valence-electron chi connectivity index (χ4n) is 2.09. The van der Waals surface area contributed by atoms with E-state index in [2.05, 4.69) is 15.9 Å². The highest BCUT2D eigenvalue weighted by Crippen LogP contribution is 2.19. The molecule has 0 aliphatic heterocycles. The highest BCUT2D eigenvalue weighted by molar-refractivity contribution is 9.10. The van der Waals surface area contributed by atoms with Crippen molar-refractivity contribution in [3.63, 3.8) is 0 Å². The zero-order valence-corrected chi connectivity index (χ0v) is 14.8. The molecule has 0 bridgehead atoms. The number of methoxy groups -OCH3 is 1. The van der Waals surface area contributed by atoms with Crippen LogP contribution >= 0.6 is 15.9 Å². The topological polar surface area (TPSA) is 29.5 Å². The first-order valence-corrected chi connectivity index (χ1v) is 7.90. The third-order valence-corrected chi connectivity index (χ3v) is 3.87. The van der Waals surface area contributed by atoms with Crippen molar-refractivity contribution < 1.29 is 18.3 Å². The molecule has 2 aromatic rings. The molecule has 0 aliphatic rings. The molecule has 2 aromatic carbocycles. The SMILES string of the molecule is COc1ccc(CN(C)C(=O)/C=C/c2cc(Br)ccc2F)cc1F. The minimum absolute atomic E-state index is 0.151. The summed E-state index contributed by atoms with van der Waals surface area (Å²) >= 11 is 3.25. The second-order valence-corrected chi connectivity index (χ2v) is 6.08. The summed E-state index contributed by atoms with van der Waals surface area (Å²) in [4.78, 5) is 13.5. The number of benzene rings is 2. The summed E-state index contributed by atoms with van der Waals surface area (Å²) < 4.78 is 32.9. The molecule has 24 heavy (non-hydrogen) atoms. The first-order chi connectivity index (χ1) is 11.4. The first-order valence-electron chi connectivity index (χ1n) is 7.11. The Hall–Kier alpha value is -2.21. The van der Waals surface area contributed by atoms with Crippen LogP contribution in [0.3, 0.4) is 0 Å². The van der Waals surface area contributed by atoms with Gasteiger partial charge in [0.25, 0.3) is 0 Å². The van der Waals surface area contributed by atoms with Crippen LogP contribution in [0.1, 0.15) is 11.1 Å². The Morgan fingerprint density at radius 1 is 1.21 bits per heavy atom. The molecule has 0 radical (unpaired) electrons. The van der Waals surface area contributed by atoms with Crippen LogP contribution in [0, 0.1) is 11.6 Å². The lowest BCUT2D eigenvalue weighted by Gasteiger charge is -2.15. The third kappa shape index (κ3) is 4.64. The Balaban J connectivity index is 2.05. The van der Waals surface area contributed by atoms with Gasteiger partial charge in [-0.2, -0.15) is 0 Å². The number of likely N-dealkylation sites (N-methyl/N-ethyl adjacent to an activating group) is 1. The van der Waals surface area contributed by atoms with Gasteiger partial charge in [-0.3, -0.25) is 4.79 Å². The van der Waals surface area contributed by atoms with Gasteiger partial charge in [0.15, 0.2) is 11.6 Å². The molecule has 1 amide bonds. The minimum atomic E-state index is -0.484. The van der Waals surface area contributed by atoms with Gasteiger partial charge in [-0.25, -0.2) is 8.78 Å². The first kappa shape index (κ1) is 18.1. The van der Waals surface area contributed by atoms with Gasteiger partial charge in [-0.15, -0.1) is 0 Å². The zero-order chi connectivity index (χ0) is 17.7. The Kier molecular flexibility index (Phi) is 6.09. The average Bonchev–Trinajstić information content (AvgIpc) is 2.55. The molecule has 0 saturated heterocycles. The molecule has 0 aromatic heterocycles. The van der Waals surface area contributed by atoms with Crippen LogP contribution in [0.25, 0.3) is 6.08 Å². The van der Waals surface area contributed by atoms with Crippen LogP contribution in [0.2, 0.25) is 0 Å². The standard InChI is InChI=1S/C18H16BrF2NO2/c1-22(11-12-3-7-17(24-2)16(21)9-12)18(23)8-4-13-10-14(19)5-6-15(13)20/h3-10H,11H2,1-2H3/b8-4+. The minimum Gasteiger partial charge on any atom is -0.494 e. The van der Waals surface area contributed by atoms with Crippen LogP contribution in [-0.4, -0.2) is 25.0 Å². The van der Waals surface area contributed by atoms with E-state index in [9.17, 15) is 13.6 Å². The van der Waals surface area contributed by atoms with E-state index < -0.39 is 11.6 Å². The van der Waals surface area contributed by atoms with E-state index in [-0.39, 0.29) is 18.2 Å². The summed E-state index contributed by atoms with van der Waals surface area (Å²) in [6, 6.07) is 8.99. The zero-order valence-electron chi connectivity index (χ0n) is 13.2. The predicted molar refractivity (Wildman–Crippen MR) is 92.6 cm³/mol. The van der Waals surface area contributed by atoms with E-state index in [0.717, 1.165) is 4.47 Å². The molecule has 0 saturated carbocycles. The normalized spacial score (nSPS) is 10.9. The molecular weight excluding hydrogens is 380 g/mol. The van der Waals surface area contributed by atoms with Crippen molar-refractivity contribution in [2.75, 3.05) is 14.2 Å². The van der Waals surface area contributed by atoms with E-state index in [1.165, 1.54) is 42.4 Å². The molecule has 2 rings (SSSR count). The van der Waals surface area contributed by atoms with E-state index in [1.807, 2.05) is 0 Å². The van der Waals surface area contributed by atoms with Crippen LogP contribution < -0.4 is 4.74 Å². The Labute approximate surface area is 147 Å². The molecule has 0 fully saturated rings. The summed E-state index contributed by atoms with van der Waals surface area (Å²) in [6.07, 6.45) is 2.69. The Morgan fingerprint density at radius 3 is 2.62 bits per heavy atom. The highest BCUT2D eigenvalue weighted by Gasteiger charge is 2.09. The number of ether oxygens (including phenoxy) is 1. The van der Waals surface area contributed by atoms with Gasteiger partial charge in [0.1, 0.15) is 5.82 Å². The number of nitrogens with zero attached hydrogens (tertiary/aromatic N) is 1. The fourth-order valence-corrected chi connectivity index (χ4v) is 2.47. The maximum Gasteiger partial charge on any atom is 0.246 e. The number of carbonyl (C=O) groups is 1. The number of hydrogen-bond donors (Lipinski definition) is 0. The third-order valence-electron chi connectivity index (χ3n) is 3.38. The quantitative estimate of drug-likeness (QED) is 0.701. The second-order valence-electron chi connectivity index (χ2n) is 5.16. The molecule has 0 N–H and O–H groups in total. The molecule has 0 aliphatic carbocycles. The summed E-state index contributed by atoms with van der Waals surface area (Å²) in [6.45, 7) is 0.227. The van der Waals surface area contributed by atoms with Crippen LogP contribution in [0.4, 0.5) is 8.78 Å². The van der Waals surface area contributed by atoms with Crippen molar-refractivity contribution in [1.29, 1.82) is 0 Å². The summed E-state index contributed by atoms with van der Waals surface area (Å²) in [7, 11) is 2.98. The maximum absolute atomic E-state index is 13.7. The molecule has 0 heterocycles. The summed E-state index contributed by atoms with van der Waals surface area (Å²) in [5.74, 6) is -1.06. The van der Waals surface area contributed by atoms with E-state index in [0.29, 0.717) is 11.1 Å². The van der Waals surface area contributed by atoms with Crippen molar-refractivity contribution in [3.05, 3.63) is 69.7 Å². The summed E-state index contributed by atoms with van der Waals surface area (Å²) in [5, 5.41) is 0. The van der Waals surface area contributed by atoms with Gasteiger partial charge >= 0.3 is 0 Å². The van der Waals surface area contributed by atoms with Crippen molar-refractivity contribution in [3.8, 4) is 5.75 Å². The van der Waals surface area contributed by atoms with E-state index in [4.69, 9.17) is 4.74 Å². The van der Waals surface area contributed by atoms with Gasteiger partial charge < -0.3 is 9.64 Å². The number of hydrogen-bond acceptors (Lipinski definition) is 2. The van der Waals surface area contributed by atoms with Crippen LogP contribution in [0.15, 0.2) is 46.9 Å². The number of carbonyl (C=O) groups excluding carboxylic acids is 1. The predicted octanol–water partition coefficient (Wildman–Crippen LogP) is 4.41. The molecule has 0 atom stereocenters. The average molecular weight is 396 g/mol. The largest absolute Gasteiger partial charge is 0.494 e. The smallest absolute Gasteiger partial charge is 0.246 e.